The van der Waals surface area contributed by atoms with Gasteiger partial charge in [-0.3, -0.25) is 9.59 Å². The van der Waals surface area contributed by atoms with Crippen LogP contribution in [0.1, 0.15) is 361 Å². The fraction of sp³-hybridized carbons (Fsp3) is 0.812. The van der Waals surface area contributed by atoms with E-state index in [2.05, 4.69) is 86.8 Å². The molecule has 0 radical (unpaired) electrons. The van der Waals surface area contributed by atoms with Crippen LogP contribution >= 0.6 is 0 Å². The van der Waals surface area contributed by atoms with Gasteiger partial charge in [-0.1, -0.05) is 356 Å². The molecule has 0 aromatic rings. The number of carboxylic acids is 1. The molecule has 2 atom stereocenters. The second-order valence-electron chi connectivity index (χ2n) is 26.9. The average Bonchev–Trinajstić information content (AvgIpc) is 3.64. The van der Waals surface area contributed by atoms with Crippen molar-refractivity contribution >= 4 is 17.9 Å². The topological polar surface area (TPSA) is 111 Å². The molecule has 0 aliphatic heterocycles. The standard InChI is InChI=1S/C80H145NO8/c1-6-8-10-12-14-16-18-20-22-24-26-28-30-32-34-35-36-37-38-39-40-41-42-43-45-46-48-50-52-54-56-58-60-62-64-66-68-70-77(82)87-74-76(75-88-80(79(84)85)86-73-72-81(3,4)5)89-78(83)71-69-67-65-63-61-59-57-55-53-51-49-47-44-33-31-29-27-25-23-21-19-17-15-13-11-9-7-2/h9,11,15,17,21,23,27,29,33,44,49,51,76,80H,6-8,10,12-14,16,18-20,22,24-26,28,30-32,34-43,45-48,50,52-75H2,1-5H3/b11-9-,17-15-,23-21-,29-27-,44-33-,51-49-. The van der Waals surface area contributed by atoms with Crippen molar-refractivity contribution in [2.24, 2.45) is 0 Å². The summed E-state index contributed by atoms with van der Waals surface area (Å²) in [6.07, 6.45) is 91.6. The van der Waals surface area contributed by atoms with Gasteiger partial charge in [0.05, 0.1) is 40.3 Å². The Morgan fingerprint density at radius 3 is 0.955 bits per heavy atom. The van der Waals surface area contributed by atoms with E-state index >= 15 is 0 Å². The average molecular weight is 1250 g/mol. The van der Waals surface area contributed by atoms with Crippen LogP contribution in [0.5, 0.6) is 0 Å². The van der Waals surface area contributed by atoms with Crippen LogP contribution in [0.4, 0.5) is 0 Å². The van der Waals surface area contributed by atoms with Gasteiger partial charge in [0.15, 0.2) is 12.4 Å². The van der Waals surface area contributed by atoms with Crippen molar-refractivity contribution in [3.63, 3.8) is 0 Å². The smallest absolute Gasteiger partial charge is 0.306 e. The number of allylic oxidation sites excluding steroid dienone is 12. The molecule has 0 aromatic carbocycles. The number of aliphatic carboxylic acids is 1. The molecule has 89 heavy (non-hydrogen) atoms. The first-order chi connectivity index (χ1) is 43.6. The van der Waals surface area contributed by atoms with Gasteiger partial charge in [-0.05, 0) is 64.2 Å². The van der Waals surface area contributed by atoms with Gasteiger partial charge >= 0.3 is 11.9 Å². The highest BCUT2D eigenvalue weighted by Gasteiger charge is 2.22. The van der Waals surface area contributed by atoms with Crippen molar-refractivity contribution in [2.75, 3.05) is 47.5 Å². The van der Waals surface area contributed by atoms with Crippen LogP contribution in [0, 0.1) is 0 Å². The molecule has 9 nitrogen and oxygen atoms in total. The Labute approximate surface area is 551 Å². The van der Waals surface area contributed by atoms with Crippen molar-refractivity contribution in [3.05, 3.63) is 72.9 Å². The van der Waals surface area contributed by atoms with E-state index in [4.69, 9.17) is 18.9 Å². The van der Waals surface area contributed by atoms with Crippen molar-refractivity contribution < 1.29 is 42.9 Å². The largest absolute Gasteiger partial charge is 0.545 e. The number of carboxylic acid groups (broad SMARTS) is 1. The molecule has 518 valence electrons. The maximum Gasteiger partial charge on any atom is 0.306 e. The number of carbonyl (C=O) groups excluding carboxylic acids is 3. The molecule has 0 heterocycles. The highest BCUT2D eigenvalue weighted by atomic mass is 16.7. The number of quaternary nitrogens is 1. The molecule has 9 heteroatoms. The molecule has 0 fully saturated rings. The summed E-state index contributed by atoms with van der Waals surface area (Å²) in [7, 11) is 5.93. The molecular weight excluding hydrogens is 1100 g/mol. The van der Waals surface area contributed by atoms with Gasteiger partial charge in [0.1, 0.15) is 13.2 Å². The number of esters is 2. The van der Waals surface area contributed by atoms with Crippen LogP contribution in [0.3, 0.4) is 0 Å². The first-order valence-corrected chi connectivity index (χ1v) is 38.1. The number of ether oxygens (including phenoxy) is 4. The monoisotopic (exact) mass is 1250 g/mol. The first-order valence-electron chi connectivity index (χ1n) is 38.1. The molecule has 0 spiro atoms. The summed E-state index contributed by atoms with van der Waals surface area (Å²) in [4.78, 5) is 37.5. The number of hydrogen-bond acceptors (Lipinski definition) is 8. The zero-order valence-electron chi connectivity index (χ0n) is 59.3. The molecule has 0 saturated carbocycles. The van der Waals surface area contributed by atoms with E-state index in [9.17, 15) is 19.5 Å². The predicted molar refractivity (Wildman–Crippen MR) is 380 cm³/mol. The Morgan fingerprint density at radius 1 is 0.348 bits per heavy atom. The quantitative estimate of drug-likeness (QED) is 0.0195. The van der Waals surface area contributed by atoms with E-state index in [1.807, 2.05) is 21.1 Å². The first kappa shape index (κ1) is 85.7. The van der Waals surface area contributed by atoms with Gasteiger partial charge < -0.3 is 33.3 Å². The minimum atomic E-state index is -1.63. The van der Waals surface area contributed by atoms with E-state index in [0.29, 0.717) is 23.9 Å². The van der Waals surface area contributed by atoms with Gasteiger partial charge in [0.2, 0.25) is 0 Å². The highest BCUT2D eigenvalue weighted by Crippen LogP contribution is 2.19. The van der Waals surface area contributed by atoms with E-state index in [-0.39, 0.29) is 32.2 Å². The van der Waals surface area contributed by atoms with Crippen molar-refractivity contribution in [1.29, 1.82) is 0 Å². The lowest BCUT2D eigenvalue weighted by Crippen LogP contribution is -2.44. The third kappa shape index (κ3) is 72.0. The van der Waals surface area contributed by atoms with Crippen LogP contribution in [0.25, 0.3) is 0 Å². The zero-order chi connectivity index (χ0) is 64.7. The molecule has 0 aliphatic carbocycles. The number of nitrogens with zero attached hydrogens (tertiary/aromatic N) is 1. The van der Waals surface area contributed by atoms with Crippen molar-refractivity contribution in [2.45, 2.75) is 373 Å². The second-order valence-corrected chi connectivity index (χ2v) is 26.9. The Bertz CT molecular complexity index is 1690. The second kappa shape index (κ2) is 70.6. The Balaban J connectivity index is 4.02. The van der Waals surface area contributed by atoms with Gasteiger partial charge in [-0.15, -0.1) is 0 Å². The summed E-state index contributed by atoms with van der Waals surface area (Å²) in [5.74, 6) is -2.28. The van der Waals surface area contributed by atoms with Crippen LogP contribution in [0.2, 0.25) is 0 Å². The summed E-state index contributed by atoms with van der Waals surface area (Å²) >= 11 is 0. The van der Waals surface area contributed by atoms with Gasteiger partial charge in [-0.2, -0.15) is 0 Å². The minimum absolute atomic E-state index is 0.145. The van der Waals surface area contributed by atoms with E-state index < -0.39 is 24.3 Å². The lowest BCUT2D eigenvalue weighted by Gasteiger charge is -2.26. The van der Waals surface area contributed by atoms with Crippen LogP contribution in [0.15, 0.2) is 72.9 Å². The summed E-state index contributed by atoms with van der Waals surface area (Å²) in [5.41, 5.74) is 0. The van der Waals surface area contributed by atoms with Gasteiger partial charge in [-0.25, -0.2) is 0 Å². The number of carbonyl (C=O) groups is 3. The molecule has 0 aliphatic rings. The van der Waals surface area contributed by atoms with E-state index in [1.165, 1.54) is 244 Å². The summed E-state index contributed by atoms with van der Waals surface area (Å²) in [6.45, 7) is 4.67. The van der Waals surface area contributed by atoms with Gasteiger partial charge in [0.25, 0.3) is 0 Å². The highest BCUT2D eigenvalue weighted by molar-refractivity contribution is 5.70. The molecule has 0 amide bonds. The maximum absolute atomic E-state index is 12.9. The predicted octanol–water partition coefficient (Wildman–Crippen LogP) is 22.7. The van der Waals surface area contributed by atoms with E-state index in [0.717, 1.165) is 83.5 Å². The Morgan fingerprint density at radius 2 is 0.640 bits per heavy atom. The van der Waals surface area contributed by atoms with Crippen LogP contribution < -0.4 is 5.11 Å². The van der Waals surface area contributed by atoms with Crippen LogP contribution in [-0.2, 0) is 33.3 Å². The van der Waals surface area contributed by atoms with Crippen molar-refractivity contribution in [3.8, 4) is 0 Å². The Hall–Kier alpha value is -3.27. The molecule has 0 aromatic heterocycles. The number of rotatable bonds is 71. The number of hydrogen-bond donors (Lipinski definition) is 0. The normalized spacial score (nSPS) is 13.0. The lowest BCUT2D eigenvalue weighted by molar-refractivity contribution is -0.870. The van der Waals surface area contributed by atoms with Crippen LogP contribution in [-0.4, -0.2) is 82.3 Å². The summed E-state index contributed by atoms with van der Waals surface area (Å²) in [5, 5.41) is 11.8. The number of likely N-dealkylation sites (N-methyl/N-ethyl adjacent to an activating group) is 1. The van der Waals surface area contributed by atoms with Crippen molar-refractivity contribution in [1.82, 2.24) is 0 Å². The SMILES string of the molecule is CC/C=C\C/C=C\C/C=C\C/C=C\C/C=C\C/C=C\CCCCCCCCCCC(=O)OC(COC(=O)CCCCCCCCCCCCCCCCCCCCCCCCCCCCCCCCCCCCCCC)COC(OCC[N+](C)(C)C)C(=O)[O-]. The fourth-order valence-corrected chi connectivity index (χ4v) is 11.2. The molecule has 0 bridgehead atoms. The third-order valence-corrected chi connectivity index (χ3v) is 17.0. The minimum Gasteiger partial charge on any atom is -0.545 e. The van der Waals surface area contributed by atoms with Gasteiger partial charge in [0, 0.05) is 12.8 Å². The zero-order valence-corrected chi connectivity index (χ0v) is 59.3. The molecule has 0 saturated heterocycles. The number of unbranched alkanes of at least 4 members (excludes halogenated alkanes) is 44. The van der Waals surface area contributed by atoms with E-state index in [1.54, 1.807) is 0 Å². The lowest BCUT2D eigenvalue weighted by atomic mass is 10.0. The summed E-state index contributed by atoms with van der Waals surface area (Å²) in [6, 6.07) is 0. The maximum atomic E-state index is 12.9. The Kier molecular flexibility index (Phi) is 68.0. The molecule has 0 N–H and O–H groups in total. The molecular formula is C80H145NO8. The fourth-order valence-electron chi connectivity index (χ4n) is 11.2. The molecule has 0 rings (SSSR count). The molecule has 2 unspecified atom stereocenters. The summed E-state index contributed by atoms with van der Waals surface area (Å²) < 4.78 is 22.8. The third-order valence-electron chi connectivity index (χ3n) is 17.0.